The minimum atomic E-state index is 0.0457. The highest BCUT2D eigenvalue weighted by Gasteiger charge is 2.32. The molecule has 0 aliphatic heterocycles. The first-order valence-corrected chi connectivity index (χ1v) is 8.12. The summed E-state index contributed by atoms with van der Waals surface area (Å²) in [6.45, 7) is 2.37. The van der Waals surface area contributed by atoms with Crippen LogP contribution >= 0.6 is 0 Å². The van der Waals surface area contributed by atoms with Crippen LogP contribution in [-0.2, 0) is 22.5 Å². The summed E-state index contributed by atoms with van der Waals surface area (Å²) < 4.78 is 7.45. The van der Waals surface area contributed by atoms with Gasteiger partial charge in [-0.2, -0.15) is 0 Å². The van der Waals surface area contributed by atoms with Gasteiger partial charge in [-0.15, -0.1) is 0 Å². The van der Waals surface area contributed by atoms with E-state index in [2.05, 4.69) is 16.8 Å². The van der Waals surface area contributed by atoms with Crippen LogP contribution in [0.15, 0.2) is 12.3 Å². The van der Waals surface area contributed by atoms with Gasteiger partial charge >= 0.3 is 0 Å². The van der Waals surface area contributed by atoms with Gasteiger partial charge in [-0.25, -0.2) is 0 Å². The molecule has 1 unspecified atom stereocenters. The lowest BCUT2D eigenvalue weighted by molar-refractivity contribution is -0.132. The zero-order chi connectivity index (χ0) is 14.8. The Labute approximate surface area is 127 Å². The number of likely N-dealkylation sites (N-methyl/N-ethyl adjacent to an activating group) is 1. The van der Waals surface area contributed by atoms with E-state index < -0.39 is 0 Å². The number of aromatic nitrogens is 1. The summed E-state index contributed by atoms with van der Waals surface area (Å²) in [7, 11) is 3.57. The molecule has 2 aliphatic rings. The van der Waals surface area contributed by atoms with Crippen LogP contribution in [0, 0.1) is 5.92 Å². The predicted octanol–water partition coefficient (Wildman–Crippen LogP) is 2.42. The van der Waals surface area contributed by atoms with Crippen LogP contribution in [0.4, 0.5) is 0 Å². The molecule has 0 radical (unpaired) electrons. The van der Waals surface area contributed by atoms with Crippen molar-refractivity contribution in [3.63, 3.8) is 0 Å². The molecular formula is C17H26N2O2. The minimum absolute atomic E-state index is 0.0457. The van der Waals surface area contributed by atoms with Gasteiger partial charge in [0.2, 0.25) is 5.91 Å². The Morgan fingerprint density at radius 2 is 2.24 bits per heavy atom. The van der Waals surface area contributed by atoms with E-state index in [1.54, 1.807) is 7.11 Å². The van der Waals surface area contributed by atoms with Crippen LogP contribution in [-0.4, -0.2) is 42.7 Å². The molecule has 0 saturated heterocycles. The maximum absolute atomic E-state index is 12.8. The van der Waals surface area contributed by atoms with Crippen molar-refractivity contribution < 1.29 is 9.53 Å². The molecule has 0 spiro atoms. The Balaban J connectivity index is 1.78. The fraction of sp³-hybridized carbons (Fsp3) is 0.706. The molecule has 1 atom stereocenters. The van der Waals surface area contributed by atoms with Gasteiger partial charge in [-0.3, -0.25) is 4.79 Å². The lowest BCUT2D eigenvalue weighted by Gasteiger charge is -2.28. The van der Waals surface area contributed by atoms with E-state index in [-0.39, 0.29) is 11.8 Å². The number of aryl methyl sites for hydroxylation is 1. The molecule has 0 N–H and O–H groups in total. The lowest BCUT2D eigenvalue weighted by atomic mass is 9.86. The average Bonchev–Trinajstić information content (AvgIpc) is 3.23. The molecule has 0 aromatic carbocycles. The molecular weight excluding hydrogens is 264 g/mol. The van der Waals surface area contributed by atoms with E-state index in [1.807, 2.05) is 11.9 Å². The second kappa shape index (κ2) is 6.22. The van der Waals surface area contributed by atoms with E-state index in [0.29, 0.717) is 13.2 Å². The molecule has 2 aliphatic carbocycles. The molecule has 3 rings (SSSR count). The zero-order valence-corrected chi connectivity index (χ0v) is 13.2. The third-order valence-electron chi connectivity index (χ3n) is 4.82. The van der Waals surface area contributed by atoms with Crippen LogP contribution in [0.2, 0.25) is 0 Å². The molecule has 116 valence electrons. The van der Waals surface area contributed by atoms with Crippen LogP contribution in [0.5, 0.6) is 0 Å². The first kappa shape index (κ1) is 14.6. The Morgan fingerprint density at radius 1 is 1.43 bits per heavy atom. The number of carbonyl (C=O) groups excluding carboxylic acids is 1. The van der Waals surface area contributed by atoms with Crippen LogP contribution < -0.4 is 0 Å². The summed E-state index contributed by atoms with van der Waals surface area (Å²) in [6, 6.07) is 2.23. The average molecular weight is 290 g/mol. The highest BCUT2D eigenvalue weighted by molar-refractivity contribution is 5.83. The fourth-order valence-electron chi connectivity index (χ4n) is 3.38. The van der Waals surface area contributed by atoms with Crippen molar-refractivity contribution in [1.82, 2.24) is 9.47 Å². The number of fused-ring (bicyclic) bond motifs is 1. The maximum Gasteiger partial charge on any atom is 0.231 e. The van der Waals surface area contributed by atoms with E-state index in [9.17, 15) is 4.79 Å². The third-order valence-corrected chi connectivity index (χ3v) is 4.82. The van der Waals surface area contributed by atoms with Crippen molar-refractivity contribution in [1.29, 1.82) is 0 Å². The molecule has 1 amide bonds. The zero-order valence-electron chi connectivity index (χ0n) is 13.2. The summed E-state index contributed by atoms with van der Waals surface area (Å²) in [6.07, 6.45) is 8.12. The normalized spacial score (nSPS) is 21.1. The standard InChI is InChI=1S/C17H26N2O2/c1-18(10-11-21-2)17(20)15-5-3-4-14-8-9-19(16(14)15)12-13-6-7-13/h8-9,13,15H,3-7,10-12H2,1-2H3. The summed E-state index contributed by atoms with van der Waals surface area (Å²) in [5.41, 5.74) is 2.68. The van der Waals surface area contributed by atoms with Crippen LogP contribution in [0.25, 0.3) is 0 Å². The number of ether oxygens (including phenoxy) is 1. The van der Waals surface area contributed by atoms with E-state index in [4.69, 9.17) is 4.74 Å². The van der Waals surface area contributed by atoms with Crippen molar-refractivity contribution in [2.45, 2.75) is 44.6 Å². The number of rotatable bonds is 6. The Kier molecular flexibility index (Phi) is 4.34. The molecule has 4 heteroatoms. The van der Waals surface area contributed by atoms with Gasteiger partial charge in [0.15, 0.2) is 0 Å². The van der Waals surface area contributed by atoms with Gasteiger partial charge in [0.1, 0.15) is 0 Å². The van der Waals surface area contributed by atoms with Gasteiger partial charge < -0.3 is 14.2 Å². The van der Waals surface area contributed by atoms with E-state index in [0.717, 1.165) is 31.7 Å². The summed E-state index contributed by atoms with van der Waals surface area (Å²) >= 11 is 0. The summed E-state index contributed by atoms with van der Waals surface area (Å²) in [5, 5.41) is 0. The minimum Gasteiger partial charge on any atom is -0.383 e. The van der Waals surface area contributed by atoms with Gasteiger partial charge in [-0.05, 0) is 49.7 Å². The first-order chi connectivity index (χ1) is 10.2. The largest absolute Gasteiger partial charge is 0.383 e. The third kappa shape index (κ3) is 3.15. The Bertz CT molecular complexity index is 505. The van der Waals surface area contributed by atoms with E-state index in [1.165, 1.54) is 24.1 Å². The van der Waals surface area contributed by atoms with Gasteiger partial charge in [0, 0.05) is 39.1 Å². The summed E-state index contributed by atoms with van der Waals surface area (Å²) in [5.74, 6) is 1.14. The molecule has 4 nitrogen and oxygen atoms in total. The molecule has 1 heterocycles. The van der Waals surface area contributed by atoms with Crippen LogP contribution in [0.3, 0.4) is 0 Å². The van der Waals surface area contributed by atoms with Crippen molar-refractivity contribution in [2.24, 2.45) is 5.92 Å². The van der Waals surface area contributed by atoms with E-state index >= 15 is 0 Å². The van der Waals surface area contributed by atoms with Crippen molar-refractivity contribution in [3.05, 3.63) is 23.5 Å². The molecule has 1 aromatic heterocycles. The monoisotopic (exact) mass is 290 g/mol. The maximum atomic E-state index is 12.8. The van der Waals surface area contributed by atoms with Crippen molar-refractivity contribution in [3.8, 4) is 0 Å². The SMILES string of the molecule is COCCN(C)C(=O)C1CCCc2ccn(CC3CC3)c21. The molecule has 1 aromatic rings. The van der Waals surface area contributed by atoms with Crippen molar-refractivity contribution in [2.75, 3.05) is 27.3 Å². The van der Waals surface area contributed by atoms with Gasteiger partial charge in [0.25, 0.3) is 0 Å². The quantitative estimate of drug-likeness (QED) is 0.806. The Morgan fingerprint density at radius 3 is 2.95 bits per heavy atom. The number of nitrogens with zero attached hydrogens (tertiary/aromatic N) is 2. The van der Waals surface area contributed by atoms with Crippen molar-refractivity contribution >= 4 is 5.91 Å². The number of hydrogen-bond acceptors (Lipinski definition) is 2. The first-order valence-electron chi connectivity index (χ1n) is 8.12. The number of methoxy groups -OCH3 is 1. The molecule has 21 heavy (non-hydrogen) atoms. The second-order valence-corrected chi connectivity index (χ2v) is 6.52. The topological polar surface area (TPSA) is 34.5 Å². The van der Waals surface area contributed by atoms with Gasteiger partial charge in [-0.1, -0.05) is 0 Å². The number of amides is 1. The summed E-state index contributed by atoms with van der Waals surface area (Å²) in [4.78, 5) is 14.6. The highest BCUT2D eigenvalue weighted by atomic mass is 16.5. The van der Waals surface area contributed by atoms with Gasteiger partial charge in [0.05, 0.1) is 12.5 Å². The lowest BCUT2D eigenvalue weighted by Crippen LogP contribution is -2.36. The number of carbonyl (C=O) groups is 1. The highest BCUT2D eigenvalue weighted by Crippen LogP contribution is 2.37. The molecule has 1 saturated carbocycles. The molecule has 1 fully saturated rings. The number of hydrogen-bond donors (Lipinski definition) is 0. The predicted molar refractivity (Wildman–Crippen MR) is 82.3 cm³/mol. The van der Waals surface area contributed by atoms with Crippen LogP contribution in [0.1, 0.15) is 42.9 Å². The second-order valence-electron chi connectivity index (χ2n) is 6.52. The fourth-order valence-corrected chi connectivity index (χ4v) is 3.38. The smallest absolute Gasteiger partial charge is 0.231 e. The Hall–Kier alpha value is -1.29. The molecule has 0 bridgehead atoms.